The molecule has 1 aromatic heterocycles. The molecule has 6 heteroatoms. The molecule has 0 unspecified atom stereocenters. The average Bonchev–Trinajstić information content (AvgIpc) is 2.31. The highest BCUT2D eigenvalue weighted by Crippen LogP contribution is 2.05. The lowest BCUT2D eigenvalue weighted by Crippen LogP contribution is -2.48. The lowest BCUT2D eigenvalue weighted by atomic mass is 10.2. The molecule has 1 aromatic carbocycles. The van der Waals surface area contributed by atoms with E-state index in [-0.39, 0.29) is 24.5 Å². The Morgan fingerprint density at radius 1 is 1.39 bits per heavy atom. The van der Waals surface area contributed by atoms with Crippen molar-refractivity contribution in [2.24, 2.45) is 12.8 Å². The predicted molar refractivity (Wildman–Crippen MR) is 70.6 cm³/mol. The molecule has 0 radical (unpaired) electrons. The van der Waals surface area contributed by atoms with E-state index in [0.717, 1.165) is 5.52 Å². The Labute approximate surface area is 110 Å². The minimum absolute atomic E-state index is 0. The number of fused-ring (bicyclic) bond motifs is 1. The summed E-state index contributed by atoms with van der Waals surface area (Å²) in [6, 6.07) is 7.19. The number of carbonyl (C=O) groups excluding carboxylic acids is 1. The number of benzene rings is 1. The summed E-state index contributed by atoms with van der Waals surface area (Å²) in [7, 11) is 1.68. The number of amides is 1. The Bertz CT molecular complexity index is 664. The van der Waals surface area contributed by atoms with Crippen molar-refractivity contribution in [2.75, 3.05) is 0 Å². The zero-order valence-electron chi connectivity index (χ0n) is 10.2. The molecule has 1 heterocycles. The van der Waals surface area contributed by atoms with Crippen LogP contribution in [-0.2, 0) is 18.4 Å². The number of hydrogen-bond acceptors (Lipinski definition) is 2. The van der Waals surface area contributed by atoms with Gasteiger partial charge >= 0.3 is 5.56 Å². The van der Waals surface area contributed by atoms with Crippen LogP contribution in [-0.4, -0.2) is 10.5 Å². The van der Waals surface area contributed by atoms with E-state index in [1.807, 2.05) is 12.1 Å². The van der Waals surface area contributed by atoms with Crippen molar-refractivity contribution in [3.63, 3.8) is 0 Å². The Balaban J connectivity index is 0.00000162. The molecule has 0 spiro atoms. The third-order valence-corrected chi connectivity index (χ3v) is 2.92. The Kier molecular flexibility index (Phi) is 4.08. The molecular weight excluding hydrogens is 254 g/mol. The van der Waals surface area contributed by atoms with Gasteiger partial charge < -0.3 is 5.73 Å². The molecule has 2 N–H and O–H groups in total. The fourth-order valence-corrected chi connectivity index (χ4v) is 1.93. The van der Waals surface area contributed by atoms with E-state index in [0.29, 0.717) is 11.2 Å². The molecule has 2 rings (SSSR count). The van der Waals surface area contributed by atoms with Crippen LogP contribution in [0, 0.1) is 6.92 Å². The number of aromatic nitrogens is 2. The highest BCUT2D eigenvalue weighted by Gasteiger charge is 2.18. The molecule has 96 valence electrons. The number of para-hydroxylation sites is 1. The number of hydrogen-bond donors (Lipinski definition) is 1. The second-order valence-electron chi connectivity index (χ2n) is 3.98. The van der Waals surface area contributed by atoms with E-state index < -0.39 is 5.91 Å². The van der Waals surface area contributed by atoms with E-state index in [1.54, 1.807) is 30.7 Å². The summed E-state index contributed by atoms with van der Waals surface area (Å²) in [5.41, 5.74) is 5.88. The van der Waals surface area contributed by atoms with Crippen molar-refractivity contribution in [2.45, 2.75) is 13.5 Å². The summed E-state index contributed by atoms with van der Waals surface area (Å²) < 4.78 is 3.27. The fourth-order valence-electron chi connectivity index (χ4n) is 1.93. The summed E-state index contributed by atoms with van der Waals surface area (Å²) in [6.45, 7) is 1.86. The van der Waals surface area contributed by atoms with E-state index >= 15 is 0 Å². The second kappa shape index (κ2) is 5.18. The minimum atomic E-state index is -0.429. The minimum Gasteiger partial charge on any atom is -0.366 e. The molecule has 18 heavy (non-hydrogen) atoms. The van der Waals surface area contributed by atoms with Crippen molar-refractivity contribution >= 4 is 29.2 Å². The molecule has 5 nitrogen and oxygen atoms in total. The van der Waals surface area contributed by atoms with Gasteiger partial charge in [-0.05, 0) is 12.1 Å². The average molecular weight is 269 g/mol. The first-order valence-electron chi connectivity index (χ1n) is 5.29. The standard InChI is InChI=1S/C12H13N3O2.ClH/c1-8-14(2)12(17)9-5-3-4-6-10(9)15(8)7-11(13)16;/h3-6H,7H2,1-2H3,(H-,13,16);1H/p+1. The van der Waals surface area contributed by atoms with Crippen LogP contribution in [0.4, 0.5) is 0 Å². The van der Waals surface area contributed by atoms with Crippen molar-refractivity contribution in [1.82, 2.24) is 4.57 Å². The fraction of sp³-hybridized carbons (Fsp3) is 0.250. The van der Waals surface area contributed by atoms with Gasteiger partial charge in [0, 0.05) is 6.92 Å². The van der Waals surface area contributed by atoms with Crippen LogP contribution in [0.15, 0.2) is 29.1 Å². The maximum absolute atomic E-state index is 12.0. The first-order chi connectivity index (χ1) is 8.02. The topological polar surface area (TPSA) is 69.0 Å². The van der Waals surface area contributed by atoms with Crippen LogP contribution >= 0.6 is 12.4 Å². The molecule has 2 aromatic rings. The number of carbonyl (C=O) groups is 1. The lowest BCUT2D eigenvalue weighted by Gasteiger charge is -2.07. The van der Waals surface area contributed by atoms with Gasteiger partial charge in [-0.1, -0.05) is 12.1 Å². The van der Waals surface area contributed by atoms with Crippen LogP contribution in [0.2, 0.25) is 0 Å². The van der Waals surface area contributed by atoms with E-state index in [4.69, 9.17) is 5.73 Å². The zero-order valence-corrected chi connectivity index (χ0v) is 11.0. The third kappa shape index (κ3) is 2.22. The highest BCUT2D eigenvalue weighted by molar-refractivity contribution is 5.85. The van der Waals surface area contributed by atoms with Crippen LogP contribution in [0.3, 0.4) is 0 Å². The van der Waals surface area contributed by atoms with Gasteiger partial charge in [0.15, 0.2) is 6.54 Å². The molecule has 1 amide bonds. The Hall–Kier alpha value is -1.88. The van der Waals surface area contributed by atoms with Crippen molar-refractivity contribution < 1.29 is 9.36 Å². The van der Waals surface area contributed by atoms with Crippen molar-refractivity contribution in [3.05, 3.63) is 40.4 Å². The molecular formula is C12H15ClN3O2+. The van der Waals surface area contributed by atoms with Crippen molar-refractivity contribution in [3.8, 4) is 0 Å². The van der Waals surface area contributed by atoms with Gasteiger partial charge in [-0.15, -0.1) is 12.4 Å². The lowest BCUT2D eigenvalue weighted by molar-refractivity contribution is -0.669. The molecule has 0 atom stereocenters. The number of primary amides is 1. The maximum Gasteiger partial charge on any atom is 0.345 e. The van der Waals surface area contributed by atoms with Gasteiger partial charge in [0.2, 0.25) is 0 Å². The Morgan fingerprint density at radius 3 is 2.61 bits per heavy atom. The monoisotopic (exact) mass is 268 g/mol. The van der Waals surface area contributed by atoms with Gasteiger partial charge in [-0.25, -0.2) is 9.36 Å². The quantitative estimate of drug-likeness (QED) is 0.782. The van der Waals surface area contributed by atoms with E-state index in [1.165, 1.54) is 4.57 Å². The van der Waals surface area contributed by atoms with Crippen LogP contribution in [0.25, 0.3) is 10.9 Å². The van der Waals surface area contributed by atoms with Gasteiger partial charge in [-0.3, -0.25) is 4.79 Å². The zero-order chi connectivity index (χ0) is 12.6. The first-order valence-corrected chi connectivity index (χ1v) is 5.29. The molecule has 0 aliphatic carbocycles. The second-order valence-corrected chi connectivity index (χ2v) is 3.98. The summed E-state index contributed by atoms with van der Waals surface area (Å²) in [5.74, 6) is 0.273. The Morgan fingerprint density at radius 2 is 2.00 bits per heavy atom. The summed E-state index contributed by atoms with van der Waals surface area (Å²) in [6.07, 6.45) is 0. The van der Waals surface area contributed by atoms with Crippen LogP contribution in [0.5, 0.6) is 0 Å². The number of halogens is 1. The molecule has 0 saturated carbocycles. The molecule has 0 aliphatic rings. The smallest absolute Gasteiger partial charge is 0.345 e. The van der Waals surface area contributed by atoms with Crippen LogP contribution in [0.1, 0.15) is 5.82 Å². The van der Waals surface area contributed by atoms with E-state index in [2.05, 4.69) is 0 Å². The largest absolute Gasteiger partial charge is 0.366 e. The number of rotatable bonds is 2. The van der Waals surface area contributed by atoms with Gasteiger partial charge in [0.05, 0.1) is 7.05 Å². The molecule has 0 bridgehead atoms. The van der Waals surface area contributed by atoms with Crippen LogP contribution < -0.4 is 15.9 Å². The third-order valence-electron chi connectivity index (χ3n) is 2.92. The number of nitrogens with two attached hydrogens (primary N) is 1. The van der Waals surface area contributed by atoms with Gasteiger partial charge in [0.25, 0.3) is 11.7 Å². The van der Waals surface area contributed by atoms with Gasteiger partial charge in [0.1, 0.15) is 10.9 Å². The predicted octanol–water partition coefficient (Wildman–Crippen LogP) is 0.0415. The SMILES string of the molecule is Cc1n(C)c(=O)c2ccccc2[n+]1CC(N)=O.Cl. The van der Waals surface area contributed by atoms with E-state index in [9.17, 15) is 9.59 Å². The molecule has 0 fully saturated rings. The first kappa shape index (κ1) is 14.2. The van der Waals surface area contributed by atoms with Gasteiger partial charge in [-0.2, -0.15) is 4.57 Å². The summed E-state index contributed by atoms with van der Waals surface area (Å²) in [5, 5.41) is 0.585. The number of nitrogens with zero attached hydrogens (tertiary/aromatic N) is 2. The summed E-state index contributed by atoms with van der Waals surface area (Å²) in [4.78, 5) is 23.1. The molecule has 0 saturated heterocycles. The highest BCUT2D eigenvalue weighted by atomic mass is 35.5. The summed E-state index contributed by atoms with van der Waals surface area (Å²) >= 11 is 0. The molecule has 0 aliphatic heterocycles. The van der Waals surface area contributed by atoms with Crippen molar-refractivity contribution in [1.29, 1.82) is 0 Å². The normalized spacial score (nSPS) is 10.1. The maximum atomic E-state index is 12.0.